The van der Waals surface area contributed by atoms with Crippen LogP contribution < -0.4 is 34.6 Å². The summed E-state index contributed by atoms with van der Waals surface area (Å²) in [6.45, 7) is 0. The van der Waals surface area contributed by atoms with Crippen LogP contribution in [0.4, 0.5) is 0 Å². The van der Waals surface area contributed by atoms with Crippen LogP contribution in [-0.4, -0.2) is 39.3 Å². The Kier molecular flexibility index (Phi) is 218. The van der Waals surface area contributed by atoms with Crippen LogP contribution in [0.15, 0.2) is 0 Å². The van der Waals surface area contributed by atoms with Crippen LogP contribution in [0, 0.1) is 0 Å². The summed E-state index contributed by atoms with van der Waals surface area (Å²) < 4.78 is 0. The minimum Gasteiger partial charge on any atom is -0.832 e. The van der Waals surface area contributed by atoms with Gasteiger partial charge in [0.2, 0.25) is 0 Å². The van der Waals surface area contributed by atoms with Crippen LogP contribution in [0.1, 0.15) is 0 Å². The molecular weight excluding hydrogens is 146 g/mol. The van der Waals surface area contributed by atoms with Crippen LogP contribution in [0.25, 0.3) is 0 Å². The molecule has 0 bridgehead atoms. The minimum absolute atomic E-state index is 0. The third kappa shape index (κ3) is 656. The molecule has 0 heterocycles. The van der Waals surface area contributed by atoms with Crippen molar-refractivity contribution in [3.05, 3.63) is 0 Å². The molecule has 0 unspecified atom stereocenters. The van der Waals surface area contributed by atoms with Crippen molar-refractivity contribution < 1.29 is 66.5 Å². The maximum absolute atomic E-state index is 8.64. The monoisotopic (exact) mass is 156 g/mol. The summed E-state index contributed by atoms with van der Waals surface area (Å²) in [4.78, 5) is 0. The Labute approximate surface area is 74.0 Å². The van der Waals surface area contributed by atoms with Crippen molar-refractivity contribution in [3.63, 3.8) is 0 Å². The zero-order valence-corrected chi connectivity index (χ0v) is 6.88. The SMILES string of the molecule is O.O.O.O.[Na+].[O-]B(O)O. The molecule has 0 rings (SSSR count). The topological polar surface area (TPSA) is 190 Å². The Morgan fingerprint density at radius 2 is 0.889 bits per heavy atom. The zero-order valence-electron chi connectivity index (χ0n) is 4.88. The zero-order chi connectivity index (χ0) is 3.58. The standard InChI is InChI=1S/BH2O3.Na.4H2O/c2-1(3)4;;;;;/h2-3H;;4*1H2/q-1;+1;;;;. The van der Waals surface area contributed by atoms with E-state index in [1.165, 1.54) is 0 Å². The Balaban J connectivity index is -0.00000000450. The summed E-state index contributed by atoms with van der Waals surface area (Å²) >= 11 is 0. The van der Waals surface area contributed by atoms with E-state index in [1.807, 2.05) is 0 Å². The van der Waals surface area contributed by atoms with Gasteiger partial charge in [-0.25, -0.2) is 0 Å². The summed E-state index contributed by atoms with van der Waals surface area (Å²) in [5.74, 6) is 0. The van der Waals surface area contributed by atoms with Gasteiger partial charge in [-0.05, 0) is 0 Å². The second-order valence-corrected chi connectivity index (χ2v) is 0.326. The average Bonchev–Trinajstić information content (AvgIpc) is 0.811. The van der Waals surface area contributed by atoms with Gasteiger partial charge in [0.25, 0.3) is 0 Å². The van der Waals surface area contributed by atoms with Crippen molar-refractivity contribution in [2.24, 2.45) is 0 Å². The molecule has 0 amide bonds. The van der Waals surface area contributed by atoms with Gasteiger partial charge in [0.1, 0.15) is 0 Å². The third-order valence-corrected chi connectivity index (χ3v) is 0. The van der Waals surface area contributed by atoms with E-state index in [0.717, 1.165) is 0 Å². The molecule has 0 aliphatic rings. The molecule has 9 heavy (non-hydrogen) atoms. The molecule has 0 aliphatic heterocycles. The second-order valence-electron chi connectivity index (χ2n) is 0.326. The Morgan fingerprint density at radius 1 is 0.889 bits per heavy atom. The van der Waals surface area contributed by atoms with Gasteiger partial charge in [0.15, 0.2) is 0 Å². The number of hydrogen-bond donors (Lipinski definition) is 2. The first-order valence-corrected chi connectivity index (χ1v) is 0.752. The van der Waals surface area contributed by atoms with E-state index in [0.29, 0.717) is 0 Å². The van der Waals surface area contributed by atoms with Gasteiger partial charge in [-0.15, -0.1) is 0 Å². The summed E-state index contributed by atoms with van der Waals surface area (Å²) in [6, 6.07) is 0. The van der Waals surface area contributed by atoms with Crippen LogP contribution >= 0.6 is 0 Å². The van der Waals surface area contributed by atoms with Crippen molar-refractivity contribution in [1.82, 2.24) is 0 Å². The van der Waals surface area contributed by atoms with E-state index in [1.54, 1.807) is 0 Å². The van der Waals surface area contributed by atoms with Crippen molar-refractivity contribution in [2.45, 2.75) is 0 Å². The number of rotatable bonds is 0. The molecule has 0 saturated heterocycles. The van der Waals surface area contributed by atoms with Gasteiger partial charge in [-0.3, -0.25) is 0 Å². The maximum atomic E-state index is 8.64. The second kappa shape index (κ2) is 37.2. The Hall–Kier alpha value is 0.785. The summed E-state index contributed by atoms with van der Waals surface area (Å²) in [5, 5.41) is 22.8. The molecule has 9 heteroatoms. The van der Waals surface area contributed by atoms with Crippen LogP contribution in [0.3, 0.4) is 0 Å². The van der Waals surface area contributed by atoms with E-state index in [-0.39, 0.29) is 51.5 Å². The molecular formula is H10BNaO7. The molecule has 0 spiro atoms. The van der Waals surface area contributed by atoms with Crippen LogP contribution in [-0.2, 0) is 0 Å². The first kappa shape index (κ1) is 52.7. The summed E-state index contributed by atoms with van der Waals surface area (Å²) in [6.07, 6.45) is 0. The molecule has 7 nitrogen and oxygen atoms in total. The smallest absolute Gasteiger partial charge is 0.832 e. The summed E-state index contributed by atoms with van der Waals surface area (Å²) in [7, 11) is -2.42. The first-order chi connectivity index (χ1) is 1.73. The van der Waals surface area contributed by atoms with E-state index < -0.39 is 7.32 Å². The van der Waals surface area contributed by atoms with E-state index in [2.05, 4.69) is 0 Å². The van der Waals surface area contributed by atoms with Gasteiger partial charge >= 0.3 is 36.9 Å². The molecule has 0 atom stereocenters. The molecule has 0 saturated carbocycles. The fraction of sp³-hybridized carbons (Fsp3) is 0. The molecule has 10 N–H and O–H groups in total. The van der Waals surface area contributed by atoms with E-state index >= 15 is 0 Å². The van der Waals surface area contributed by atoms with Crippen molar-refractivity contribution in [2.75, 3.05) is 0 Å². The fourth-order valence-corrected chi connectivity index (χ4v) is 0. The number of hydrogen-bond acceptors (Lipinski definition) is 3. The average molecular weight is 156 g/mol. The minimum atomic E-state index is -2.42. The molecule has 0 aromatic rings. The van der Waals surface area contributed by atoms with Crippen LogP contribution in [0.2, 0.25) is 0 Å². The van der Waals surface area contributed by atoms with Crippen LogP contribution in [0.5, 0.6) is 0 Å². The predicted molar refractivity (Wildman–Crippen MR) is 24.6 cm³/mol. The maximum Gasteiger partial charge on any atom is 1.00 e. The quantitative estimate of drug-likeness (QED) is 0.329. The molecule has 0 radical (unpaired) electrons. The fourth-order valence-electron chi connectivity index (χ4n) is 0. The van der Waals surface area contributed by atoms with Gasteiger partial charge in [-0.1, -0.05) is 0 Å². The van der Waals surface area contributed by atoms with E-state index in [4.69, 9.17) is 15.1 Å². The largest absolute Gasteiger partial charge is 1.00 e. The van der Waals surface area contributed by atoms with Gasteiger partial charge < -0.3 is 37.0 Å². The molecule has 0 aromatic heterocycles. The van der Waals surface area contributed by atoms with Gasteiger partial charge in [-0.2, -0.15) is 0 Å². The van der Waals surface area contributed by atoms with Gasteiger partial charge in [0.05, 0.1) is 0 Å². The van der Waals surface area contributed by atoms with Crippen molar-refractivity contribution in [3.8, 4) is 0 Å². The van der Waals surface area contributed by atoms with Crippen molar-refractivity contribution in [1.29, 1.82) is 0 Å². The Bertz CT molecular complexity index is 13.6. The summed E-state index contributed by atoms with van der Waals surface area (Å²) in [5.41, 5.74) is 0. The third-order valence-electron chi connectivity index (χ3n) is 0. The van der Waals surface area contributed by atoms with Gasteiger partial charge in [0, 0.05) is 0 Å². The molecule has 0 fully saturated rings. The van der Waals surface area contributed by atoms with Crippen molar-refractivity contribution >= 4 is 7.32 Å². The predicted octanol–water partition coefficient (Wildman–Crippen LogP) is -8.98. The molecule has 0 aromatic carbocycles. The molecule has 0 aliphatic carbocycles. The van der Waals surface area contributed by atoms with E-state index in [9.17, 15) is 0 Å². The normalized spacial score (nSPS) is 3.00. The Morgan fingerprint density at radius 3 is 0.889 bits per heavy atom. The first-order valence-electron chi connectivity index (χ1n) is 0.752. The molecule has 56 valence electrons.